The number of rotatable bonds is 7. The van der Waals surface area contributed by atoms with E-state index in [0.29, 0.717) is 23.2 Å². The summed E-state index contributed by atoms with van der Waals surface area (Å²) in [6, 6.07) is 5.75. The summed E-state index contributed by atoms with van der Waals surface area (Å²) < 4.78 is 18.2. The lowest BCUT2D eigenvalue weighted by Gasteiger charge is -2.31. The van der Waals surface area contributed by atoms with E-state index in [9.17, 15) is 4.79 Å². The maximum Gasteiger partial charge on any atom is 0.246 e. The molecule has 2 heterocycles. The fourth-order valence-corrected chi connectivity index (χ4v) is 3.91. The molecule has 2 aromatic rings. The van der Waals surface area contributed by atoms with Gasteiger partial charge in [-0.25, -0.2) is 0 Å². The van der Waals surface area contributed by atoms with Gasteiger partial charge < -0.3 is 19.1 Å². The summed E-state index contributed by atoms with van der Waals surface area (Å²) in [5.41, 5.74) is 3.06. The predicted octanol–water partition coefficient (Wildman–Crippen LogP) is 3.48. The molecule has 1 aromatic heterocycles. The monoisotopic (exact) mass is 413 g/mol. The molecule has 1 amide bonds. The van der Waals surface area contributed by atoms with Crippen LogP contribution in [0, 0.1) is 19.8 Å². The number of hydrogen-bond donors (Lipinski definition) is 0. The van der Waals surface area contributed by atoms with Gasteiger partial charge in [-0.2, -0.15) is 5.10 Å². The van der Waals surface area contributed by atoms with Gasteiger partial charge >= 0.3 is 0 Å². The lowest BCUT2D eigenvalue weighted by atomic mass is 9.96. The molecule has 0 unspecified atom stereocenters. The van der Waals surface area contributed by atoms with Crippen LogP contribution < -0.4 is 14.2 Å². The Morgan fingerprint density at radius 2 is 1.70 bits per heavy atom. The Morgan fingerprint density at radius 3 is 2.20 bits per heavy atom. The van der Waals surface area contributed by atoms with Crippen LogP contribution in [0.15, 0.2) is 24.3 Å². The number of aryl methyl sites for hydroxylation is 2. The van der Waals surface area contributed by atoms with E-state index < -0.39 is 0 Å². The summed E-state index contributed by atoms with van der Waals surface area (Å²) in [5, 5.41) is 4.56. The van der Waals surface area contributed by atoms with Crippen LogP contribution in [0.5, 0.6) is 17.2 Å². The van der Waals surface area contributed by atoms with E-state index in [1.807, 2.05) is 24.0 Å². The van der Waals surface area contributed by atoms with Gasteiger partial charge in [-0.05, 0) is 62.4 Å². The minimum absolute atomic E-state index is 0.0216. The first-order valence-corrected chi connectivity index (χ1v) is 10.2. The van der Waals surface area contributed by atoms with Gasteiger partial charge in [0, 0.05) is 31.4 Å². The number of nitrogens with zero attached hydrogens (tertiary/aromatic N) is 3. The number of aromatic nitrogens is 2. The van der Waals surface area contributed by atoms with Crippen LogP contribution in [-0.4, -0.2) is 55.0 Å². The number of amides is 1. The molecular formula is C23H31N3O4. The molecular weight excluding hydrogens is 382 g/mol. The van der Waals surface area contributed by atoms with Gasteiger partial charge in [0.25, 0.3) is 0 Å². The highest BCUT2D eigenvalue weighted by Crippen LogP contribution is 2.38. The maximum atomic E-state index is 12.7. The molecule has 1 fully saturated rings. The highest BCUT2D eigenvalue weighted by atomic mass is 16.5. The van der Waals surface area contributed by atoms with Gasteiger partial charge in [0.15, 0.2) is 11.5 Å². The molecule has 3 rings (SSSR count). The van der Waals surface area contributed by atoms with E-state index >= 15 is 0 Å². The summed E-state index contributed by atoms with van der Waals surface area (Å²) in [5.74, 6) is 2.23. The Morgan fingerprint density at radius 1 is 1.07 bits per heavy atom. The van der Waals surface area contributed by atoms with Crippen LogP contribution >= 0.6 is 0 Å². The summed E-state index contributed by atoms with van der Waals surface area (Å²) in [6.45, 7) is 6.56. The number of hydrogen-bond acceptors (Lipinski definition) is 5. The summed E-state index contributed by atoms with van der Waals surface area (Å²) in [6.07, 6.45) is 5.38. The van der Waals surface area contributed by atoms with Crippen molar-refractivity contribution < 1.29 is 19.0 Å². The minimum atomic E-state index is 0.0216. The van der Waals surface area contributed by atoms with Gasteiger partial charge in [-0.1, -0.05) is 0 Å². The number of benzene rings is 1. The Bertz CT molecular complexity index is 886. The summed E-state index contributed by atoms with van der Waals surface area (Å²) in [4.78, 5) is 14.6. The lowest BCUT2D eigenvalue weighted by molar-refractivity contribution is -0.127. The SMILES string of the molecule is COc1cc(/C=C/C(=O)N2CCC(Cn3nc(C)cc3C)CC2)cc(OC)c1OC. The van der Waals surface area contributed by atoms with Crippen LogP contribution in [-0.2, 0) is 11.3 Å². The Hall–Kier alpha value is -2.96. The lowest BCUT2D eigenvalue weighted by Crippen LogP contribution is -2.38. The molecule has 0 N–H and O–H groups in total. The van der Waals surface area contributed by atoms with Crippen LogP contribution in [0.25, 0.3) is 6.08 Å². The first kappa shape index (κ1) is 21.7. The van der Waals surface area contributed by atoms with E-state index in [0.717, 1.165) is 43.7 Å². The van der Waals surface area contributed by atoms with Crippen molar-refractivity contribution in [2.24, 2.45) is 5.92 Å². The van der Waals surface area contributed by atoms with E-state index in [-0.39, 0.29) is 5.91 Å². The molecule has 0 aliphatic carbocycles. The molecule has 1 saturated heterocycles. The molecule has 0 bridgehead atoms. The summed E-state index contributed by atoms with van der Waals surface area (Å²) in [7, 11) is 4.72. The molecule has 0 saturated carbocycles. The number of ether oxygens (including phenoxy) is 3. The molecule has 162 valence electrons. The molecule has 30 heavy (non-hydrogen) atoms. The second-order valence-corrected chi connectivity index (χ2v) is 7.67. The van der Waals surface area contributed by atoms with Crippen molar-refractivity contribution in [3.63, 3.8) is 0 Å². The van der Waals surface area contributed by atoms with Crippen molar-refractivity contribution in [3.05, 3.63) is 41.2 Å². The van der Waals surface area contributed by atoms with Gasteiger partial charge in [-0.3, -0.25) is 9.48 Å². The molecule has 7 nitrogen and oxygen atoms in total. The third kappa shape index (κ3) is 4.96. The van der Waals surface area contributed by atoms with Gasteiger partial charge in [0.05, 0.1) is 27.0 Å². The van der Waals surface area contributed by atoms with Gasteiger partial charge in [0.2, 0.25) is 11.7 Å². The molecule has 1 aromatic carbocycles. The maximum absolute atomic E-state index is 12.7. The highest BCUT2D eigenvalue weighted by Gasteiger charge is 2.22. The zero-order chi connectivity index (χ0) is 21.7. The van der Waals surface area contributed by atoms with E-state index in [1.54, 1.807) is 33.5 Å². The smallest absolute Gasteiger partial charge is 0.246 e. The highest BCUT2D eigenvalue weighted by molar-refractivity contribution is 5.92. The molecule has 0 radical (unpaired) electrons. The quantitative estimate of drug-likeness (QED) is 0.650. The largest absolute Gasteiger partial charge is 0.493 e. The van der Waals surface area contributed by atoms with Crippen molar-refractivity contribution in [2.45, 2.75) is 33.2 Å². The molecule has 0 atom stereocenters. The second-order valence-electron chi connectivity index (χ2n) is 7.67. The first-order chi connectivity index (χ1) is 14.4. The fraction of sp³-hybridized carbons (Fsp3) is 0.478. The standard InChI is InChI=1S/C23H31N3O4/c1-16-12-17(2)26(24-16)15-18-8-10-25(11-9-18)22(27)7-6-19-13-20(28-3)23(30-5)21(14-19)29-4/h6-7,12-14,18H,8-11,15H2,1-5H3/b7-6+. The van der Waals surface area contributed by atoms with Crippen molar-refractivity contribution in [1.82, 2.24) is 14.7 Å². The summed E-state index contributed by atoms with van der Waals surface area (Å²) >= 11 is 0. The molecule has 1 aliphatic heterocycles. The fourth-order valence-electron chi connectivity index (χ4n) is 3.91. The number of likely N-dealkylation sites (tertiary alicyclic amines) is 1. The van der Waals surface area contributed by atoms with Gasteiger partial charge in [-0.15, -0.1) is 0 Å². The third-order valence-corrected chi connectivity index (χ3v) is 5.57. The Balaban J connectivity index is 1.59. The van der Waals surface area contributed by atoms with E-state index in [4.69, 9.17) is 14.2 Å². The molecule has 7 heteroatoms. The average Bonchev–Trinajstić information content (AvgIpc) is 3.07. The van der Waals surface area contributed by atoms with Crippen molar-refractivity contribution in [3.8, 4) is 17.2 Å². The Labute approximate surface area is 178 Å². The van der Waals surface area contributed by atoms with E-state index in [1.165, 1.54) is 5.69 Å². The molecule has 1 aliphatic rings. The average molecular weight is 414 g/mol. The first-order valence-electron chi connectivity index (χ1n) is 10.2. The topological polar surface area (TPSA) is 65.8 Å². The second kappa shape index (κ2) is 9.69. The van der Waals surface area contributed by atoms with Crippen LogP contribution in [0.3, 0.4) is 0 Å². The van der Waals surface area contributed by atoms with Crippen LogP contribution in [0.4, 0.5) is 0 Å². The Kier molecular flexibility index (Phi) is 7.03. The zero-order valence-electron chi connectivity index (χ0n) is 18.5. The third-order valence-electron chi connectivity index (χ3n) is 5.57. The van der Waals surface area contributed by atoms with Crippen LogP contribution in [0.1, 0.15) is 29.8 Å². The number of methoxy groups -OCH3 is 3. The van der Waals surface area contributed by atoms with Crippen molar-refractivity contribution >= 4 is 12.0 Å². The predicted molar refractivity (Wildman–Crippen MR) is 116 cm³/mol. The van der Waals surface area contributed by atoms with Gasteiger partial charge in [0.1, 0.15) is 0 Å². The number of piperidine rings is 1. The number of carbonyl (C=O) groups is 1. The molecule has 0 spiro atoms. The van der Waals surface area contributed by atoms with Crippen LogP contribution in [0.2, 0.25) is 0 Å². The minimum Gasteiger partial charge on any atom is -0.493 e. The normalized spacial score (nSPS) is 14.9. The zero-order valence-corrected chi connectivity index (χ0v) is 18.5. The van der Waals surface area contributed by atoms with E-state index in [2.05, 4.69) is 22.8 Å². The van der Waals surface area contributed by atoms with Crippen molar-refractivity contribution in [1.29, 1.82) is 0 Å². The number of carbonyl (C=O) groups excluding carboxylic acids is 1. The van der Waals surface area contributed by atoms with Crippen molar-refractivity contribution in [2.75, 3.05) is 34.4 Å².